The summed E-state index contributed by atoms with van der Waals surface area (Å²) in [5.41, 5.74) is 0.805. The van der Waals surface area contributed by atoms with E-state index in [2.05, 4.69) is 9.79 Å². The number of rotatable bonds is 4. The van der Waals surface area contributed by atoms with Crippen molar-refractivity contribution in [1.82, 2.24) is 5.27 Å². The number of methoxy groups -OCH3 is 1. The largest absolute Gasteiger partial charge is 0.497 e. The van der Waals surface area contributed by atoms with Crippen molar-refractivity contribution in [1.29, 1.82) is 0 Å². The van der Waals surface area contributed by atoms with Crippen LogP contribution < -0.4 is 15.0 Å². The molecule has 0 fully saturated rings. The number of ether oxygens (including phenoxy) is 1. The molecule has 2 rings (SSSR count). The highest BCUT2D eigenvalue weighted by atomic mass is 16.5. The van der Waals surface area contributed by atoms with Crippen molar-refractivity contribution in [2.75, 3.05) is 7.11 Å². The molecule has 0 aliphatic carbocycles. The number of hydrogen-bond acceptors (Lipinski definition) is 3. The van der Waals surface area contributed by atoms with Crippen molar-refractivity contribution in [2.45, 2.75) is 19.4 Å². The van der Waals surface area contributed by atoms with Crippen molar-refractivity contribution in [3.63, 3.8) is 0 Å². The van der Waals surface area contributed by atoms with Gasteiger partial charge in [0.25, 0.3) is 6.20 Å². The first-order chi connectivity index (χ1) is 8.19. The van der Waals surface area contributed by atoms with Gasteiger partial charge in [-0.3, -0.25) is 4.52 Å². The minimum absolute atomic E-state index is 0.134. The second-order valence-corrected chi connectivity index (χ2v) is 3.95. The average Bonchev–Trinajstić information content (AvgIpc) is 2.77. The van der Waals surface area contributed by atoms with Crippen LogP contribution in [0.3, 0.4) is 0 Å². The van der Waals surface area contributed by atoms with Gasteiger partial charge in [0.05, 0.1) is 7.11 Å². The molecule has 1 aromatic carbocycles. The number of hydrogen-bond donors (Lipinski definition) is 1. The van der Waals surface area contributed by atoms with E-state index in [4.69, 9.17) is 4.74 Å². The zero-order valence-corrected chi connectivity index (χ0v) is 9.84. The fraction of sp³-hybridized carbons (Fsp3) is 0.333. The smallest absolute Gasteiger partial charge is 0.426 e. The third-order valence-electron chi connectivity index (χ3n) is 2.66. The third kappa shape index (κ3) is 2.75. The molecule has 90 valence electrons. The summed E-state index contributed by atoms with van der Waals surface area (Å²) < 4.78 is 11.4. The van der Waals surface area contributed by atoms with Crippen molar-refractivity contribution in [3.05, 3.63) is 46.4 Å². The molecule has 0 saturated heterocycles. The van der Waals surface area contributed by atoms with E-state index in [1.165, 1.54) is 11.8 Å². The predicted octanol–water partition coefficient (Wildman–Crippen LogP) is 1.07. The molecule has 17 heavy (non-hydrogen) atoms. The van der Waals surface area contributed by atoms with E-state index in [-0.39, 0.29) is 11.7 Å². The lowest BCUT2D eigenvalue weighted by Crippen LogP contribution is -2.40. The monoisotopic (exact) mass is 235 g/mol. The van der Waals surface area contributed by atoms with E-state index in [0.717, 1.165) is 12.2 Å². The molecule has 0 radical (unpaired) electrons. The van der Waals surface area contributed by atoms with Crippen LogP contribution in [0.25, 0.3) is 0 Å². The zero-order valence-electron chi connectivity index (χ0n) is 9.84. The molecular formula is C12H15N2O3+. The molecular weight excluding hydrogens is 220 g/mol. The van der Waals surface area contributed by atoms with Gasteiger partial charge >= 0.3 is 5.63 Å². The maximum Gasteiger partial charge on any atom is 0.426 e. The third-order valence-corrected chi connectivity index (χ3v) is 2.66. The first-order valence-corrected chi connectivity index (χ1v) is 5.41. The Labute approximate surface area is 98.6 Å². The van der Waals surface area contributed by atoms with Crippen molar-refractivity contribution < 1.29 is 13.9 Å². The minimum atomic E-state index is -0.369. The number of nitrogens with zero attached hydrogens (tertiary/aromatic N) is 1. The number of benzene rings is 1. The molecule has 1 heterocycles. The maximum atomic E-state index is 10.9. The van der Waals surface area contributed by atoms with E-state index < -0.39 is 0 Å². The number of aromatic amines is 1. The molecule has 0 saturated carbocycles. The van der Waals surface area contributed by atoms with Crippen LogP contribution in [0.2, 0.25) is 0 Å². The summed E-state index contributed by atoms with van der Waals surface area (Å²) >= 11 is 0. The van der Waals surface area contributed by atoms with Crippen LogP contribution in [0.1, 0.15) is 18.5 Å². The van der Waals surface area contributed by atoms with E-state index in [1.807, 2.05) is 31.2 Å². The molecule has 0 unspecified atom stereocenters. The Morgan fingerprint density at radius 2 is 2.12 bits per heavy atom. The van der Waals surface area contributed by atoms with Gasteiger partial charge in [0.15, 0.2) is 6.04 Å². The lowest BCUT2D eigenvalue weighted by Gasteiger charge is -2.04. The molecule has 0 spiro atoms. The van der Waals surface area contributed by atoms with Gasteiger partial charge < -0.3 is 4.74 Å². The van der Waals surface area contributed by atoms with E-state index in [0.29, 0.717) is 0 Å². The van der Waals surface area contributed by atoms with Crippen LogP contribution >= 0.6 is 0 Å². The lowest BCUT2D eigenvalue weighted by atomic mass is 10.1. The van der Waals surface area contributed by atoms with E-state index in [9.17, 15) is 4.79 Å². The Kier molecular flexibility index (Phi) is 3.27. The number of H-pyrrole nitrogens is 1. The molecule has 5 heteroatoms. The summed E-state index contributed by atoms with van der Waals surface area (Å²) in [7, 11) is 1.64. The summed E-state index contributed by atoms with van der Waals surface area (Å²) in [5.74, 6) is 0.839. The van der Waals surface area contributed by atoms with Crippen molar-refractivity contribution >= 4 is 0 Å². The molecule has 0 aliphatic rings. The molecule has 1 N–H and O–H groups in total. The van der Waals surface area contributed by atoms with Crippen LogP contribution in [-0.2, 0) is 6.42 Å². The Hall–Kier alpha value is -2.04. The summed E-state index contributed by atoms with van der Waals surface area (Å²) in [6.07, 6.45) is 2.22. The zero-order chi connectivity index (χ0) is 12.3. The minimum Gasteiger partial charge on any atom is -0.497 e. The molecule has 1 aromatic heterocycles. The molecule has 0 aliphatic heterocycles. The second kappa shape index (κ2) is 4.86. The highest BCUT2D eigenvalue weighted by Gasteiger charge is 2.16. The van der Waals surface area contributed by atoms with Gasteiger partial charge in [-0.2, -0.15) is 0 Å². The summed E-state index contributed by atoms with van der Waals surface area (Å²) in [4.78, 5) is 10.9. The normalized spacial score (nSPS) is 12.4. The standard InChI is InChI=1S/C12H14N2O3/c1-9(14-8-12(15)17-13-14)7-10-3-5-11(16-2)6-4-10/h3-6,8-9H,7H2,1-2H3/p+1/t9-/m1/s1. The summed E-state index contributed by atoms with van der Waals surface area (Å²) in [6, 6.07) is 7.99. The van der Waals surface area contributed by atoms with Gasteiger partial charge in [0.2, 0.25) is 0 Å². The van der Waals surface area contributed by atoms with Crippen LogP contribution in [0.4, 0.5) is 0 Å². The SMILES string of the molecule is COc1ccc(C[C@@H](C)[n+]2cc(=O)o[nH]2)cc1. The topological polar surface area (TPSA) is 59.1 Å². The van der Waals surface area contributed by atoms with Gasteiger partial charge in [0, 0.05) is 13.3 Å². The van der Waals surface area contributed by atoms with Gasteiger partial charge in [0.1, 0.15) is 5.75 Å². The maximum absolute atomic E-state index is 10.9. The van der Waals surface area contributed by atoms with Crippen LogP contribution in [0.5, 0.6) is 5.75 Å². The van der Waals surface area contributed by atoms with Crippen molar-refractivity contribution in [3.8, 4) is 5.75 Å². The Balaban J connectivity index is 2.07. The Bertz CT molecular complexity index is 527. The van der Waals surface area contributed by atoms with Crippen molar-refractivity contribution in [2.24, 2.45) is 0 Å². The summed E-state index contributed by atoms with van der Waals surface area (Å²) in [5, 5.41) is 2.55. The first-order valence-electron chi connectivity index (χ1n) is 5.41. The van der Waals surface area contributed by atoms with Crippen LogP contribution in [0, 0.1) is 0 Å². The van der Waals surface area contributed by atoms with E-state index in [1.54, 1.807) is 11.8 Å². The molecule has 5 nitrogen and oxygen atoms in total. The predicted molar refractivity (Wildman–Crippen MR) is 60.9 cm³/mol. The molecule has 2 aromatic rings. The highest BCUT2D eigenvalue weighted by Crippen LogP contribution is 2.14. The van der Waals surface area contributed by atoms with Gasteiger partial charge in [-0.25, -0.2) is 4.79 Å². The molecule has 0 bridgehead atoms. The Morgan fingerprint density at radius 1 is 1.41 bits per heavy atom. The number of nitrogens with one attached hydrogen (secondary N) is 1. The molecule has 0 amide bonds. The average molecular weight is 235 g/mol. The summed E-state index contributed by atoms with van der Waals surface area (Å²) in [6.45, 7) is 2.01. The Morgan fingerprint density at radius 3 is 2.65 bits per heavy atom. The highest BCUT2D eigenvalue weighted by molar-refractivity contribution is 5.27. The quantitative estimate of drug-likeness (QED) is 0.806. The van der Waals surface area contributed by atoms with Gasteiger partial charge in [-0.15, -0.1) is 0 Å². The van der Waals surface area contributed by atoms with Gasteiger partial charge in [-0.1, -0.05) is 16.8 Å². The number of aromatic nitrogens is 2. The second-order valence-electron chi connectivity index (χ2n) is 3.95. The van der Waals surface area contributed by atoms with Crippen LogP contribution in [-0.4, -0.2) is 12.4 Å². The fourth-order valence-corrected chi connectivity index (χ4v) is 1.68. The van der Waals surface area contributed by atoms with E-state index >= 15 is 0 Å². The molecule has 1 atom stereocenters. The van der Waals surface area contributed by atoms with Gasteiger partial charge in [-0.05, 0) is 23.0 Å². The van der Waals surface area contributed by atoms with Crippen LogP contribution in [0.15, 0.2) is 39.8 Å². The lowest BCUT2D eigenvalue weighted by molar-refractivity contribution is -0.782. The fourth-order valence-electron chi connectivity index (χ4n) is 1.68. The first kappa shape index (κ1) is 11.4.